The molecule has 1 amide bonds. The van der Waals surface area contributed by atoms with Crippen LogP contribution in [-0.4, -0.2) is 11.0 Å². The molecule has 2 aromatic carbocycles. The number of hydrogen-bond donors (Lipinski definition) is 2. The van der Waals surface area contributed by atoms with Crippen LogP contribution in [0.5, 0.6) is 0 Å². The molecule has 0 aromatic heterocycles. The van der Waals surface area contributed by atoms with Gasteiger partial charge in [-0.25, -0.2) is 4.39 Å². The lowest BCUT2D eigenvalue weighted by Crippen LogP contribution is -2.34. The molecule has 0 unspecified atom stereocenters. The SMILES string of the molecule is Cc1ccc(NC(=S)NC(=O)c2cccc(F)c2)c(C)c1. The second-order valence-electron chi connectivity index (χ2n) is 4.74. The van der Waals surface area contributed by atoms with Crippen molar-refractivity contribution in [2.45, 2.75) is 13.8 Å². The lowest BCUT2D eigenvalue weighted by Gasteiger charge is -2.12. The minimum atomic E-state index is -0.462. The van der Waals surface area contributed by atoms with Gasteiger partial charge < -0.3 is 5.32 Å². The predicted octanol–water partition coefficient (Wildman–Crippen LogP) is 3.57. The molecule has 0 heterocycles. The minimum absolute atomic E-state index is 0.177. The Labute approximate surface area is 128 Å². The monoisotopic (exact) mass is 302 g/mol. The van der Waals surface area contributed by atoms with Crippen LogP contribution < -0.4 is 10.6 Å². The molecule has 0 radical (unpaired) electrons. The van der Waals surface area contributed by atoms with Crippen molar-refractivity contribution >= 4 is 28.9 Å². The summed E-state index contributed by atoms with van der Waals surface area (Å²) in [6, 6.07) is 11.3. The predicted molar refractivity (Wildman–Crippen MR) is 86.0 cm³/mol. The Kier molecular flexibility index (Phi) is 4.65. The van der Waals surface area contributed by atoms with Crippen molar-refractivity contribution in [3.8, 4) is 0 Å². The fourth-order valence-corrected chi connectivity index (χ4v) is 2.12. The fourth-order valence-electron chi connectivity index (χ4n) is 1.91. The number of anilines is 1. The summed E-state index contributed by atoms with van der Waals surface area (Å²) in [5.74, 6) is -0.910. The van der Waals surface area contributed by atoms with Gasteiger partial charge in [0.2, 0.25) is 0 Å². The summed E-state index contributed by atoms with van der Waals surface area (Å²) in [5, 5.41) is 5.66. The maximum atomic E-state index is 13.1. The van der Waals surface area contributed by atoms with E-state index in [2.05, 4.69) is 10.6 Å². The molecule has 2 N–H and O–H groups in total. The molecule has 2 rings (SSSR count). The van der Waals surface area contributed by atoms with Gasteiger partial charge in [-0.3, -0.25) is 10.1 Å². The van der Waals surface area contributed by atoms with E-state index in [1.165, 1.54) is 18.2 Å². The molecular weight excluding hydrogens is 287 g/mol. The average molecular weight is 302 g/mol. The van der Waals surface area contributed by atoms with Gasteiger partial charge in [-0.1, -0.05) is 23.8 Å². The standard InChI is InChI=1S/C16H15FN2OS/c1-10-6-7-14(11(2)8-10)18-16(21)19-15(20)12-4-3-5-13(17)9-12/h3-9H,1-2H3,(H2,18,19,20,21). The van der Waals surface area contributed by atoms with E-state index in [9.17, 15) is 9.18 Å². The van der Waals surface area contributed by atoms with Gasteiger partial charge in [0, 0.05) is 11.3 Å². The number of amides is 1. The van der Waals surface area contributed by atoms with E-state index < -0.39 is 11.7 Å². The molecule has 3 nitrogen and oxygen atoms in total. The molecule has 0 atom stereocenters. The summed E-state index contributed by atoms with van der Waals surface area (Å²) < 4.78 is 13.1. The molecule has 0 saturated heterocycles. The highest BCUT2D eigenvalue weighted by atomic mass is 32.1. The number of rotatable bonds is 2. The van der Waals surface area contributed by atoms with Crippen molar-refractivity contribution in [1.29, 1.82) is 0 Å². The van der Waals surface area contributed by atoms with E-state index in [1.807, 2.05) is 32.0 Å². The molecule has 0 aliphatic rings. The van der Waals surface area contributed by atoms with Crippen LogP contribution in [0.15, 0.2) is 42.5 Å². The largest absolute Gasteiger partial charge is 0.332 e. The number of carbonyl (C=O) groups excluding carboxylic acids is 1. The molecule has 0 spiro atoms. The third-order valence-electron chi connectivity index (χ3n) is 2.94. The smallest absolute Gasteiger partial charge is 0.257 e. The van der Waals surface area contributed by atoms with Gasteiger partial charge in [0.1, 0.15) is 5.82 Å². The van der Waals surface area contributed by atoms with Crippen LogP contribution in [0.3, 0.4) is 0 Å². The van der Waals surface area contributed by atoms with Crippen LogP contribution in [0, 0.1) is 19.7 Å². The first-order valence-electron chi connectivity index (χ1n) is 6.41. The Balaban J connectivity index is 2.03. The summed E-state index contributed by atoms with van der Waals surface area (Å²) in [5.41, 5.74) is 3.22. The quantitative estimate of drug-likeness (QED) is 0.833. The number of thiocarbonyl (C=S) groups is 1. The summed E-state index contributed by atoms with van der Waals surface area (Å²) in [7, 11) is 0. The summed E-state index contributed by atoms with van der Waals surface area (Å²) in [6.07, 6.45) is 0. The molecule has 5 heteroatoms. The van der Waals surface area contributed by atoms with Gasteiger partial charge in [0.05, 0.1) is 0 Å². The maximum Gasteiger partial charge on any atom is 0.257 e. The van der Waals surface area contributed by atoms with E-state index in [0.29, 0.717) is 0 Å². The molecule has 0 aliphatic heterocycles. The molecule has 21 heavy (non-hydrogen) atoms. The average Bonchev–Trinajstić information content (AvgIpc) is 2.42. The van der Waals surface area contributed by atoms with Crippen molar-refractivity contribution in [2.24, 2.45) is 0 Å². The highest BCUT2D eigenvalue weighted by Crippen LogP contribution is 2.15. The number of carbonyl (C=O) groups is 1. The first-order valence-corrected chi connectivity index (χ1v) is 6.81. The third-order valence-corrected chi connectivity index (χ3v) is 3.15. The van der Waals surface area contributed by atoms with Crippen LogP contribution >= 0.6 is 12.2 Å². The van der Waals surface area contributed by atoms with Crippen LogP contribution in [0.2, 0.25) is 0 Å². The maximum absolute atomic E-state index is 13.1. The van der Waals surface area contributed by atoms with Crippen LogP contribution in [0.1, 0.15) is 21.5 Å². The first-order chi connectivity index (χ1) is 9.95. The Morgan fingerprint density at radius 2 is 1.90 bits per heavy atom. The van der Waals surface area contributed by atoms with Crippen molar-refractivity contribution in [3.05, 3.63) is 65.0 Å². The second kappa shape index (κ2) is 6.45. The molecule has 0 fully saturated rings. The third kappa shape index (κ3) is 4.10. The molecule has 2 aromatic rings. The topological polar surface area (TPSA) is 41.1 Å². The van der Waals surface area contributed by atoms with E-state index in [0.717, 1.165) is 22.9 Å². The molecule has 0 saturated carbocycles. The minimum Gasteiger partial charge on any atom is -0.332 e. The van der Waals surface area contributed by atoms with Gasteiger partial charge in [0.25, 0.3) is 5.91 Å². The molecular formula is C16H15FN2OS. The molecule has 0 bridgehead atoms. The zero-order chi connectivity index (χ0) is 15.4. The van der Waals surface area contributed by atoms with E-state index in [4.69, 9.17) is 12.2 Å². The zero-order valence-electron chi connectivity index (χ0n) is 11.7. The van der Waals surface area contributed by atoms with Gasteiger partial charge in [-0.15, -0.1) is 0 Å². The number of benzene rings is 2. The zero-order valence-corrected chi connectivity index (χ0v) is 12.6. The highest BCUT2D eigenvalue weighted by molar-refractivity contribution is 7.80. The lowest BCUT2D eigenvalue weighted by molar-refractivity contribution is 0.0977. The number of hydrogen-bond acceptors (Lipinski definition) is 2. The van der Waals surface area contributed by atoms with Crippen LogP contribution in [0.4, 0.5) is 10.1 Å². The Bertz CT molecular complexity index is 700. The highest BCUT2D eigenvalue weighted by Gasteiger charge is 2.09. The Morgan fingerprint density at radius 1 is 1.14 bits per heavy atom. The molecule has 108 valence electrons. The number of nitrogens with one attached hydrogen (secondary N) is 2. The van der Waals surface area contributed by atoms with Gasteiger partial charge in [0.15, 0.2) is 5.11 Å². The second-order valence-corrected chi connectivity index (χ2v) is 5.15. The molecule has 0 aliphatic carbocycles. The normalized spacial score (nSPS) is 10.0. The van der Waals surface area contributed by atoms with Gasteiger partial charge >= 0.3 is 0 Å². The van der Waals surface area contributed by atoms with Gasteiger partial charge in [-0.05, 0) is 55.9 Å². The van der Waals surface area contributed by atoms with Crippen molar-refractivity contribution < 1.29 is 9.18 Å². The van der Waals surface area contributed by atoms with Crippen molar-refractivity contribution in [3.63, 3.8) is 0 Å². The van der Waals surface area contributed by atoms with E-state index in [1.54, 1.807) is 0 Å². The van der Waals surface area contributed by atoms with Crippen LogP contribution in [0.25, 0.3) is 0 Å². The van der Waals surface area contributed by atoms with Crippen molar-refractivity contribution in [2.75, 3.05) is 5.32 Å². The number of aryl methyl sites for hydroxylation is 2. The van der Waals surface area contributed by atoms with Crippen LogP contribution in [-0.2, 0) is 0 Å². The van der Waals surface area contributed by atoms with Gasteiger partial charge in [-0.2, -0.15) is 0 Å². The summed E-state index contributed by atoms with van der Waals surface area (Å²) >= 11 is 5.10. The van der Waals surface area contributed by atoms with E-state index in [-0.39, 0.29) is 10.7 Å². The Morgan fingerprint density at radius 3 is 2.57 bits per heavy atom. The summed E-state index contributed by atoms with van der Waals surface area (Å²) in [4.78, 5) is 11.9. The Hall–Kier alpha value is -2.27. The number of halogens is 1. The summed E-state index contributed by atoms with van der Waals surface area (Å²) in [6.45, 7) is 3.95. The van der Waals surface area contributed by atoms with Crippen molar-refractivity contribution in [1.82, 2.24) is 5.32 Å². The lowest BCUT2D eigenvalue weighted by atomic mass is 10.1. The van der Waals surface area contributed by atoms with E-state index >= 15 is 0 Å². The first kappa shape index (κ1) is 15.1. The fraction of sp³-hybridized carbons (Fsp3) is 0.125.